The van der Waals surface area contributed by atoms with Crippen LogP contribution in [0.25, 0.3) is 22.6 Å². The fourth-order valence-corrected chi connectivity index (χ4v) is 3.04. The van der Waals surface area contributed by atoms with Gasteiger partial charge < -0.3 is 24.6 Å². The maximum absolute atomic E-state index is 10.2. The van der Waals surface area contributed by atoms with Crippen molar-refractivity contribution in [1.29, 1.82) is 0 Å². The molecule has 126 valence electrons. The van der Waals surface area contributed by atoms with Crippen LogP contribution in [0.15, 0.2) is 31.0 Å². The lowest BCUT2D eigenvalue weighted by Gasteiger charge is -2.16. The number of ether oxygens (including phenoxy) is 1. The highest BCUT2D eigenvalue weighted by Crippen LogP contribution is 2.32. The number of hydrogen-bond acceptors (Lipinski definition) is 7. The maximum atomic E-state index is 10.2. The molecule has 3 aromatic rings. The Hall–Kier alpha value is -2.33. The summed E-state index contributed by atoms with van der Waals surface area (Å²) in [5.41, 5.74) is 2.60. The van der Waals surface area contributed by atoms with E-state index in [1.165, 1.54) is 12.7 Å². The molecule has 9 nitrogen and oxygen atoms in total. The highest BCUT2D eigenvalue weighted by molar-refractivity contribution is 5.86. The maximum Gasteiger partial charge on any atom is 0.166 e. The normalized spacial score (nSPS) is 27.2. The molecule has 3 N–H and O–H groups in total. The molecule has 1 aliphatic heterocycles. The fraction of sp³-hybridized carbons (Fsp3) is 0.400. The van der Waals surface area contributed by atoms with Gasteiger partial charge in [-0.25, -0.2) is 15.0 Å². The van der Waals surface area contributed by atoms with Crippen LogP contribution in [0.3, 0.4) is 0 Å². The van der Waals surface area contributed by atoms with Crippen molar-refractivity contribution in [2.75, 3.05) is 6.61 Å². The zero-order chi connectivity index (χ0) is 16.8. The number of hydrogen-bond donors (Lipinski definition) is 3. The first-order valence-electron chi connectivity index (χ1n) is 7.53. The second-order valence-electron chi connectivity index (χ2n) is 5.78. The van der Waals surface area contributed by atoms with E-state index in [1.807, 2.05) is 29.9 Å². The van der Waals surface area contributed by atoms with E-state index < -0.39 is 24.5 Å². The lowest BCUT2D eigenvalue weighted by molar-refractivity contribution is -0.0511. The van der Waals surface area contributed by atoms with Gasteiger partial charge in [-0.3, -0.25) is 4.57 Å². The van der Waals surface area contributed by atoms with Gasteiger partial charge in [0.2, 0.25) is 0 Å². The smallest absolute Gasteiger partial charge is 0.166 e. The van der Waals surface area contributed by atoms with Gasteiger partial charge in [-0.2, -0.15) is 0 Å². The van der Waals surface area contributed by atoms with E-state index in [9.17, 15) is 15.3 Å². The number of imidazole rings is 1. The minimum absolute atomic E-state index is 0.384. The number of aryl methyl sites for hydroxylation is 1. The first-order valence-corrected chi connectivity index (χ1v) is 7.53. The van der Waals surface area contributed by atoms with E-state index in [0.29, 0.717) is 16.9 Å². The summed E-state index contributed by atoms with van der Waals surface area (Å²) in [6.45, 7) is -0.384. The lowest BCUT2D eigenvalue weighted by Crippen LogP contribution is -2.33. The molecule has 0 aliphatic carbocycles. The van der Waals surface area contributed by atoms with Crippen molar-refractivity contribution in [2.24, 2.45) is 7.05 Å². The predicted molar refractivity (Wildman–Crippen MR) is 82.7 cm³/mol. The molecule has 1 fully saturated rings. The van der Waals surface area contributed by atoms with E-state index in [2.05, 4.69) is 15.0 Å². The molecule has 24 heavy (non-hydrogen) atoms. The quantitative estimate of drug-likeness (QED) is 0.589. The van der Waals surface area contributed by atoms with Gasteiger partial charge in [0.15, 0.2) is 11.9 Å². The fourth-order valence-electron chi connectivity index (χ4n) is 3.04. The summed E-state index contributed by atoms with van der Waals surface area (Å²) in [5.74, 6) is 0. The number of nitrogens with zero attached hydrogens (tertiary/aromatic N) is 5. The third-order valence-electron chi connectivity index (χ3n) is 4.34. The second kappa shape index (κ2) is 5.64. The summed E-state index contributed by atoms with van der Waals surface area (Å²) in [7, 11) is 1.91. The Morgan fingerprint density at radius 2 is 2.04 bits per heavy atom. The molecule has 0 saturated carbocycles. The molecule has 4 atom stereocenters. The van der Waals surface area contributed by atoms with Crippen LogP contribution in [-0.4, -0.2) is 64.3 Å². The summed E-state index contributed by atoms with van der Waals surface area (Å²) in [5, 5.41) is 29.4. The van der Waals surface area contributed by atoms with Crippen molar-refractivity contribution in [3.8, 4) is 11.4 Å². The molecule has 0 spiro atoms. The highest BCUT2D eigenvalue weighted by Gasteiger charge is 2.44. The van der Waals surface area contributed by atoms with Crippen molar-refractivity contribution in [1.82, 2.24) is 24.1 Å². The number of fused-ring (bicyclic) bond motifs is 1. The molecule has 9 heteroatoms. The van der Waals surface area contributed by atoms with E-state index in [0.717, 1.165) is 5.69 Å². The van der Waals surface area contributed by atoms with Crippen molar-refractivity contribution >= 4 is 11.2 Å². The summed E-state index contributed by atoms with van der Waals surface area (Å²) < 4.78 is 9.02. The summed E-state index contributed by atoms with van der Waals surface area (Å²) in [6, 6.07) is 3.83. The van der Waals surface area contributed by atoms with E-state index >= 15 is 0 Å². The number of aliphatic hydroxyl groups excluding tert-OH is 3. The molecule has 1 saturated heterocycles. The SMILES string of the molecule is Cn1cccc1-c1ncnc2c1ncn2[C@@H]1O[C@H](CO)[C@@H](O)[C@H]1O. The van der Waals surface area contributed by atoms with Gasteiger partial charge in [0, 0.05) is 13.2 Å². The van der Waals surface area contributed by atoms with Crippen LogP contribution in [0.5, 0.6) is 0 Å². The van der Waals surface area contributed by atoms with Gasteiger partial charge in [-0.15, -0.1) is 0 Å². The average molecular weight is 331 g/mol. The summed E-state index contributed by atoms with van der Waals surface area (Å²) >= 11 is 0. The molecule has 0 amide bonds. The third kappa shape index (κ3) is 2.13. The van der Waals surface area contributed by atoms with Crippen LogP contribution in [0.4, 0.5) is 0 Å². The second-order valence-corrected chi connectivity index (χ2v) is 5.78. The number of aromatic nitrogens is 5. The Labute approximate surface area is 136 Å². The van der Waals surface area contributed by atoms with Crippen LogP contribution in [0.2, 0.25) is 0 Å². The molecular formula is C15H17N5O4. The van der Waals surface area contributed by atoms with Crippen molar-refractivity contribution in [3.05, 3.63) is 31.0 Å². The monoisotopic (exact) mass is 331 g/mol. The summed E-state index contributed by atoms with van der Waals surface area (Å²) in [6.07, 6.45) is 0.734. The van der Waals surface area contributed by atoms with Crippen molar-refractivity contribution in [2.45, 2.75) is 24.5 Å². The largest absolute Gasteiger partial charge is 0.394 e. The van der Waals surface area contributed by atoms with Crippen LogP contribution in [0.1, 0.15) is 6.23 Å². The molecule has 4 rings (SSSR count). The Bertz CT molecular complexity index is 876. The Morgan fingerprint density at radius 1 is 1.21 bits per heavy atom. The first-order chi connectivity index (χ1) is 11.6. The first kappa shape index (κ1) is 15.2. The Balaban J connectivity index is 1.81. The molecule has 0 bridgehead atoms. The third-order valence-corrected chi connectivity index (χ3v) is 4.34. The number of aliphatic hydroxyl groups is 3. The molecule has 1 aliphatic rings. The Kier molecular flexibility index (Phi) is 3.57. The molecule has 0 radical (unpaired) electrons. The van der Waals surface area contributed by atoms with Crippen molar-refractivity contribution < 1.29 is 20.1 Å². The molecule has 0 unspecified atom stereocenters. The average Bonchev–Trinajstić information content (AvgIpc) is 3.27. The lowest BCUT2D eigenvalue weighted by atomic mass is 10.1. The van der Waals surface area contributed by atoms with Crippen LogP contribution >= 0.6 is 0 Å². The van der Waals surface area contributed by atoms with E-state index in [-0.39, 0.29) is 6.61 Å². The highest BCUT2D eigenvalue weighted by atomic mass is 16.6. The minimum atomic E-state index is -1.19. The topological polar surface area (TPSA) is 118 Å². The molecule has 4 heterocycles. The van der Waals surface area contributed by atoms with Gasteiger partial charge in [-0.05, 0) is 12.1 Å². The summed E-state index contributed by atoms with van der Waals surface area (Å²) in [4.78, 5) is 12.9. The van der Waals surface area contributed by atoms with Crippen LogP contribution in [-0.2, 0) is 11.8 Å². The van der Waals surface area contributed by atoms with Gasteiger partial charge in [0.25, 0.3) is 0 Å². The van der Waals surface area contributed by atoms with Gasteiger partial charge in [0.1, 0.15) is 35.8 Å². The molecule has 3 aromatic heterocycles. The zero-order valence-electron chi connectivity index (χ0n) is 12.9. The van der Waals surface area contributed by atoms with Crippen LogP contribution < -0.4 is 0 Å². The zero-order valence-corrected chi connectivity index (χ0v) is 12.9. The number of rotatable bonds is 3. The molecule has 0 aromatic carbocycles. The van der Waals surface area contributed by atoms with Gasteiger partial charge >= 0.3 is 0 Å². The predicted octanol–water partition coefficient (Wildman–Crippen LogP) is -0.557. The Morgan fingerprint density at radius 3 is 2.71 bits per heavy atom. The standard InChI is InChI=1S/C15H17N5O4/c1-19-4-2-3-8(19)10-11-14(17-6-16-10)20(7-18-11)15-13(23)12(22)9(5-21)24-15/h2-4,6-7,9,12-13,15,21-23H,5H2,1H3/t9-,12-,13-,15-/m1/s1. The van der Waals surface area contributed by atoms with Gasteiger partial charge in [0.05, 0.1) is 18.6 Å². The van der Waals surface area contributed by atoms with E-state index in [1.54, 1.807) is 4.57 Å². The van der Waals surface area contributed by atoms with Crippen LogP contribution in [0, 0.1) is 0 Å². The van der Waals surface area contributed by atoms with E-state index in [4.69, 9.17) is 4.74 Å². The molecular weight excluding hydrogens is 314 g/mol. The van der Waals surface area contributed by atoms with Crippen molar-refractivity contribution in [3.63, 3.8) is 0 Å². The van der Waals surface area contributed by atoms with Gasteiger partial charge in [-0.1, -0.05) is 0 Å². The minimum Gasteiger partial charge on any atom is -0.394 e.